The van der Waals surface area contributed by atoms with Crippen molar-refractivity contribution in [1.29, 1.82) is 0 Å². The number of fused-ring (bicyclic) bond motifs is 6. The maximum atomic E-state index is 17.9. The quantitative estimate of drug-likeness (QED) is 0.123. The average molecular weight is 766 g/mol. The molecule has 0 radical (unpaired) electrons. The SMILES string of the molecule is C#Cc1c(F)ccc2cc(O)cc(-c3c(F)c4nc(OCC5(CN6CCOC(C)(C)C6)CC5)nc(N5C6CCC5CN(CCCOC)C6)c4c4cn(C)nc34)c12. The lowest BCUT2D eigenvalue weighted by molar-refractivity contribution is -0.0912. The Morgan fingerprint density at radius 3 is 2.55 bits per heavy atom. The Bertz CT molecular complexity index is 2370. The van der Waals surface area contributed by atoms with Crippen molar-refractivity contribution in [2.75, 3.05) is 71.1 Å². The molecule has 3 saturated heterocycles. The van der Waals surface area contributed by atoms with E-state index in [1.165, 1.54) is 24.3 Å². The lowest BCUT2D eigenvalue weighted by Gasteiger charge is -2.42. The summed E-state index contributed by atoms with van der Waals surface area (Å²) in [7, 11) is 3.51. The summed E-state index contributed by atoms with van der Waals surface area (Å²) >= 11 is 0. The molecule has 4 aliphatic rings. The fourth-order valence-electron chi connectivity index (χ4n) is 9.59. The lowest BCUT2D eigenvalue weighted by atomic mass is 9.91. The van der Waals surface area contributed by atoms with Crippen LogP contribution in [0.1, 0.15) is 51.5 Å². The van der Waals surface area contributed by atoms with Crippen molar-refractivity contribution in [3.8, 4) is 35.2 Å². The second-order valence-electron chi connectivity index (χ2n) is 17.0. The van der Waals surface area contributed by atoms with Crippen LogP contribution in [0.5, 0.6) is 11.8 Å². The highest BCUT2D eigenvalue weighted by molar-refractivity contribution is 6.18. The van der Waals surface area contributed by atoms with Gasteiger partial charge in [0.25, 0.3) is 0 Å². The zero-order valence-electron chi connectivity index (χ0n) is 32.6. The molecule has 0 amide bonds. The van der Waals surface area contributed by atoms with Gasteiger partial charge in [0, 0.05) is 100 Å². The van der Waals surface area contributed by atoms with Crippen LogP contribution >= 0.6 is 0 Å². The van der Waals surface area contributed by atoms with Crippen molar-refractivity contribution in [1.82, 2.24) is 29.5 Å². The number of hydrogen-bond donors (Lipinski definition) is 1. The first-order chi connectivity index (χ1) is 27.0. The molecule has 2 bridgehead atoms. The Labute approximate surface area is 325 Å². The third-order valence-corrected chi connectivity index (χ3v) is 12.3. The number of phenols is 1. The second kappa shape index (κ2) is 14.1. The molecule has 13 heteroatoms. The van der Waals surface area contributed by atoms with Crippen molar-refractivity contribution >= 4 is 38.4 Å². The van der Waals surface area contributed by atoms with Gasteiger partial charge in [-0.05, 0) is 75.1 Å². The van der Waals surface area contributed by atoms with Gasteiger partial charge in [0.2, 0.25) is 0 Å². The van der Waals surface area contributed by atoms with E-state index in [-0.39, 0.29) is 57.1 Å². The molecule has 1 aliphatic carbocycles. The monoisotopic (exact) mass is 765 g/mol. The van der Waals surface area contributed by atoms with Gasteiger partial charge in [-0.25, -0.2) is 8.78 Å². The van der Waals surface area contributed by atoms with E-state index < -0.39 is 11.6 Å². The molecule has 5 heterocycles. The number of methoxy groups -OCH3 is 1. The first kappa shape index (κ1) is 37.0. The zero-order valence-corrected chi connectivity index (χ0v) is 32.6. The van der Waals surface area contributed by atoms with E-state index >= 15 is 8.78 Å². The number of rotatable bonds is 11. The molecule has 1 saturated carbocycles. The molecular formula is C43H49F2N7O4. The van der Waals surface area contributed by atoms with Gasteiger partial charge in [-0.15, -0.1) is 6.42 Å². The molecule has 2 unspecified atom stereocenters. The number of aryl methyl sites for hydroxylation is 1. The van der Waals surface area contributed by atoms with Crippen molar-refractivity contribution in [2.24, 2.45) is 12.5 Å². The minimum absolute atomic E-state index is 0.0215. The van der Waals surface area contributed by atoms with E-state index in [2.05, 4.69) is 34.5 Å². The van der Waals surface area contributed by atoms with Gasteiger partial charge in [0.15, 0.2) is 5.82 Å². The molecule has 9 rings (SSSR count). The number of terminal acetylenes is 1. The van der Waals surface area contributed by atoms with Crippen molar-refractivity contribution in [3.63, 3.8) is 0 Å². The van der Waals surface area contributed by atoms with Crippen LogP contribution in [0.3, 0.4) is 0 Å². The number of halogens is 2. The number of ether oxygens (including phenoxy) is 3. The van der Waals surface area contributed by atoms with Crippen LogP contribution in [0.25, 0.3) is 43.7 Å². The van der Waals surface area contributed by atoms with Crippen LogP contribution in [0.15, 0.2) is 30.5 Å². The molecular weight excluding hydrogens is 717 g/mol. The van der Waals surface area contributed by atoms with E-state index in [0.29, 0.717) is 52.7 Å². The average Bonchev–Trinajstić information content (AvgIpc) is 3.73. The minimum Gasteiger partial charge on any atom is -0.508 e. The first-order valence-corrected chi connectivity index (χ1v) is 19.7. The molecule has 1 N–H and O–H groups in total. The molecule has 0 spiro atoms. The zero-order chi connectivity index (χ0) is 38.9. The molecule has 3 aliphatic heterocycles. The van der Waals surface area contributed by atoms with Gasteiger partial charge in [0.1, 0.15) is 28.4 Å². The Morgan fingerprint density at radius 2 is 1.84 bits per heavy atom. The largest absolute Gasteiger partial charge is 0.508 e. The fraction of sp³-hybridized carbons (Fsp3) is 0.512. The van der Waals surface area contributed by atoms with Crippen LogP contribution in [-0.4, -0.2) is 119 Å². The third kappa shape index (κ3) is 6.60. The summed E-state index contributed by atoms with van der Waals surface area (Å²) in [5.41, 5.74) is 0.445. The Balaban J connectivity index is 1.20. The lowest BCUT2D eigenvalue weighted by Crippen LogP contribution is -2.54. The van der Waals surface area contributed by atoms with E-state index in [1.54, 1.807) is 18.8 Å². The Hall–Kier alpha value is -4.61. The Morgan fingerprint density at radius 1 is 1.05 bits per heavy atom. The molecule has 2 atom stereocenters. The Kier molecular flexibility index (Phi) is 9.31. The van der Waals surface area contributed by atoms with E-state index in [9.17, 15) is 5.11 Å². The number of morpholine rings is 1. The normalized spacial score (nSPS) is 22.0. The van der Waals surface area contributed by atoms with Crippen molar-refractivity contribution in [2.45, 2.75) is 63.6 Å². The van der Waals surface area contributed by atoms with Gasteiger partial charge in [-0.1, -0.05) is 12.0 Å². The summed E-state index contributed by atoms with van der Waals surface area (Å²) in [5.74, 6) is 1.71. The van der Waals surface area contributed by atoms with Gasteiger partial charge >= 0.3 is 6.01 Å². The topological polar surface area (TPSA) is 101 Å². The molecule has 294 valence electrons. The molecule has 4 fully saturated rings. The minimum atomic E-state index is -0.666. The number of aromatic nitrogens is 4. The van der Waals surface area contributed by atoms with E-state index in [1.807, 2.05) is 6.20 Å². The number of nitrogens with zero attached hydrogens (tertiary/aromatic N) is 7. The highest BCUT2D eigenvalue weighted by Crippen LogP contribution is 2.49. The van der Waals surface area contributed by atoms with Gasteiger partial charge in [-0.2, -0.15) is 15.1 Å². The standard InChI is InChI=1S/C43H49F2N7O4/c1-6-30-33(44)11-8-26-18-29(53)19-31(34(26)30)35-37(45)39-36(32-22-49(4)48-38(32)35)40(52-27-9-10-28(52)21-50(20-27)14-7-16-54-5)47-41(46-39)55-25-43(12-13-43)24-51-15-17-56-42(2,3)23-51/h1,8,11,18-19,22,27-28,53H,7,9-10,12-17,20-21,23-25H2,2-5H3. The van der Waals surface area contributed by atoms with Gasteiger partial charge in [0.05, 0.1) is 29.8 Å². The summed E-state index contributed by atoms with van der Waals surface area (Å²) in [5, 5.41) is 17.7. The van der Waals surface area contributed by atoms with Crippen molar-refractivity contribution in [3.05, 3.63) is 47.7 Å². The van der Waals surface area contributed by atoms with Crippen LogP contribution < -0.4 is 9.64 Å². The molecule has 11 nitrogen and oxygen atoms in total. The molecule has 56 heavy (non-hydrogen) atoms. The summed E-state index contributed by atoms with van der Waals surface area (Å²) in [6.07, 6.45) is 12.7. The van der Waals surface area contributed by atoms with Crippen LogP contribution in [0, 0.1) is 29.4 Å². The maximum absolute atomic E-state index is 17.9. The van der Waals surface area contributed by atoms with Gasteiger partial charge in [-0.3, -0.25) is 14.5 Å². The maximum Gasteiger partial charge on any atom is 0.319 e. The fourth-order valence-corrected chi connectivity index (χ4v) is 9.59. The second-order valence-corrected chi connectivity index (χ2v) is 17.0. The summed E-state index contributed by atoms with van der Waals surface area (Å²) < 4.78 is 52.7. The number of anilines is 1. The van der Waals surface area contributed by atoms with Crippen LogP contribution in [0.4, 0.5) is 14.6 Å². The number of piperazine rings is 1. The smallest absolute Gasteiger partial charge is 0.319 e. The van der Waals surface area contributed by atoms with Gasteiger partial charge < -0.3 is 24.2 Å². The number of phenolic OH excluding ortho intramolecular Hbond substituents is 1. The molecule has 2 aromatic heterocycles. The predicted molar refractivity (Wildman–Crippen MR) is 212 cm³/mol. The summed E-state index contributed by atoms with van der Waals surface area (Å²) in [6, 6.07) is 6.15. The number of likely N-dealkylation sites (tertiary alicyclic amines) is 1. The highest BCUT2D eigenvalue weighted by atomic mass is 19.1. The first-order valence-electron chi connectivity index (χ1n) is 19.7. The predicted octanol–water partition coefficient (Wildman–Crippen LogP) is 6.26. The van der Waals surface area contributed by atoms with E-state index in [4.69, 9.17) is 35.7 Å². The van der Waals surface area contributed by atoms with Crippen LogP contribution in [0.2, 0.25) is 0 Å². The van der Waals surface area contributed by atoms with E-state index in [0.717, 1.165) is 71.4 Å². The van der Waals surface area contributed by atoms with Crippen molar-refractivity contribution < 1.29 is 28.1 Å². The number of aromatic hydroxyl groups is 1. The highest BCUT2D eigenvalue weighted by Gasteiger charge is 2.47. The number of benzene rings is 3. The molecule has 5 aromatic rings. The molecule has 3 aromatic carbocycles. The summed E-state index contributed by atoms with van der Waals surface area (Å²) in [6.45, 7) is 11.3. The third-order valence-electron chi connectivity index (χ3n) is 12.3. The number of hydrogen-bond acceptors (Lipinski definition) is 10. The van der Waals surface area contributed by atoms with Crippen LogP contribution in [-0.2, 0) is 16.5 Å². The summed E-state index contributed by atoms with van der Waals surface area (Å²) in [4.78, 5) is 17.4.